The van der Waals surface area contributed by atoms with Crippen molar-refractivity contribution in [1.29, 1.82) is 0 Å². The molecule has 1 heterocycles. The third-order valence-corrected chi connectivity index (χ3v) is 5.09. The lowest BCUT2D eigenvalue weighted by molar-refractivity contribution is -0.154. The van der Waals surface area contributed by atoms with E-state index in [4.69, 9.17) is 9.47 Å². The highest BCUT2D eigenvalue weighted by molar-refractivity contribution is 5.81. The van der Waals surface area contributed by atoms with Crippen molar-refractivity contribution in [2.45, 2.75) is 65.5 Å². The van der Waals surface area contributed by atoms with E-state index in [1.165, 1.54) is 5.56 Å². The van der Waals surface area contributed by atoms with Crippen LogP contribution in [0.5, 0.6) is 0 Å². The third-order valence-electron chi connectivity index (χ3n) is 5.09. The fourth-order valence-corrected chi connectivity index (χ4v) is 3.29. The van der Waals surface area contributed by atoms with Gasteiger partial charge >= 0.3 is 12.1 Å². The molecule has 2 amide bonds. The van der Waals surface area contributed by atoms with Crippen molar-refractivity contribution in [3.8, 4) is 0 Å². The molecule has 1 aliphatic rings. The summed E-state index contributed by atoms with van der Waals surface area (Å²) in [7, 11) is 0. The monoisotopic (exact) mass is 418 g/mol. The third kappa shape index (κ3) is 7.35. The summed E-state index contributed by atoms with van der Waals surface area (Å²) in [6, 6.07) is 7.91. The van der Waals surface area contributed by atoms with Crippen molar-refractivity contribution in [1.82, 2.24) is 10.2 Å². The van der Waals surface area contributed by atoms with E-state index in [1.54, 1.807) is 4.90 Å². The molecule has 166 valence electrons. The van der Waals surface area contributed by atoms with E-state index in [9.17, 15) is 14.4 Å². The second kappa shape index (κ2) is 10.5. The molecule has 0 bridgehead atoms. The number of esters is 1. The van der Waals surface area contributed by atoms with Crippen LogP contribution in [0.15, 0.2) is 24.3 Å². The number of nitrogens with zero attached hydrogens (tertiary/aromatic N) is 1. The molecule has 2 rings (SSSR count). The first-order valence-corrected chi connectivity index (χ1v) is 10.6. The molecule has 1 N–H and O–H groups in total. The molecule has 0 aliphatic carbocycles. The Morgan fingerprint density at radius 3 is 2.27 bits per heavy atom. The molecular formula is C23H34N2O5. The van der Waals surface area contributed by atoms with Gasteiger partial charge in [0, 0.05) is 13.1 Å². The van der Waals surface area contributed by atoms with Crippen LogP contribution in [0.25, 0.3) is 0 Å². The second-order valence-corrected chi connectivity index (χ2v) is 8.73. The van der Waals surface area contributed by atoms with Crippen molar-refractivity contribution in [3.05, 3.63) is 35.4 Å². The van der Waals surface area contributed by atoms with Crippen molar-refractivity contribution in [3.63, 3.8) is 0 Å². The van der Waals surface area contributed by atoms with Gasteiger partial charge in [-0.3, -0.25) is 9.59 Å². The molecule has 0 aromatic heterocycles. The van der Waals surface area contributed by atoms with Crippen LogP contribution in [-0.2, 0) is 25.5 Å². The maximum atomic E-state index is 12.3. The fraction of sp³-hybridized carbons (Fsp3) is 0.609. The summed E-state index contributed by atoms with van der Waals surface area (Å²) >= 11 is 0. The Morgan fingerprint density at radius 1 is 1.13 bits per heavy atom. The first-order valence-electron chi connectivity index (χ1n) is 10.6. The van der Waals surface area contributed by atoms with Crippen molar-refractivity contribution >= 4 is 18.0 Å². The molecule has 1 fully saturated rings. The molecule has 0 unspecified atom stereocenters. The summed E-state index contributed by atoms with van der Waals surface area (Å²) in [4.78, 5) is 38.2. The normalized spacial score (nSPS) is 16.0. The molecule has 0 radical (unpaired) electrons. The molecule has 1 aliphatic heterocycles. The van der Waals surface area contributed by atoms with Crippen molar-refractivity contribution in [2.24, 2.45) is 5.92 Å². The van der Waals surface area contributed by atoms with Crippen LogP contribution in [0.4, 0.5) is 4.79 Å². The number of rotatable bonds is 6. The highest BCUT2D eigenvalue weighted by Crippen LogP contribution is 2.21. The van der Waals surface area contributed by atoms with Crippen LogP contribution in [-0.4, -0.2) is 48.2 Å². The van der Waals surface area contributed by atoms with Crippen molar-refractivity contribution < 1.29 is 23.9 Å². The number of ether oxygens (including phenoxy) is 2. The van der Waals surface area contributed by atoms with E-state index < -0.39 is 11.6 Å². The average molecular weight is 419 g/mol. The van der Waals surface area contributed by atoms with Gasteiger partial charge in [0.1, 0.15) is 5.60 Å². The van der Waals surface area contributed by atoms with Gasteiger partial charge < -0.3 is 19.7 Å². The van der Waals surface area contributed by atoms with Gasteiger partial charge in [0.25, 0.3) is 5.91 Å². The number of amides is 2. The zero-order chi connectivity index (χ0) is 22.3. The van der Waals surface area contributed by atoms with Crippen LogP contribution in [0, 0.1) is 5.92 Å². The van der Waals surface area contributed by atoms with E-state index in [0.29, 0.717) is 25.9 Å². The van der Waals surface area contributed by atoms with Crippen molar-refractivity contribution in [2.75, 3.05) is 19.7 Å². The first-order chi connectivity index (χ1) is 14.1. The highest BCUT2D eigenvalue weighted by Gasteiger charge is 2.31. The zero-order valence-electron chi connectivity index (χ0n) is 18.7. The number of carbonyl (C=O) groups excluding carboxylic acids is 3. The fourth-order valence-electron chi connectivity index (χ4n) is 3.29. The van der Waals surface area contributed by atoms with Crippen LogP contribution in [0.1, 0.15) is 64.6 Å². The molecule has 7 heteroatoms. The minimum Gasteiger partial charge on any atom is -0.455 e. The molecule has 1 atom stereocenters. The van der Waals surface area contributed by atoms with Gasteiger partial charge in [-0.1, -0.05) is 31.2 Å². The van der Waals surface area contributed by atoms with E-state index in [-0.39, 0.29) is 30.6 Å². The van der Waals surface area contributed by atoms with Gasteiger partial charge in [0.05, 0.1) is 12.0 Å². The number of benzene rings is 1. The lowest BCUT2D eigenvalue weighted by Crippen LogP contribution is -2.43. The first kappa shape index (κ1) is 23.7. The molecule has 0 saturated carbocycles. The van der Waals surface area contributed by atoms with Gasteiger partial charge in [-0.2, -0.15) is 0 Å². The number of nitrogens with one attached hydrogen (secondary N) is 1. The Balaban J connectivity index is 1.72. The van der Waals surface area contributed by atoms with Crippen LogP contribution < -0.4 is 5.32 Å². The molecule has 1 aromatic carbocycles. The zero-order valence-corrected chi connectivity index (χ0v) is 18.7. The van der Waals surface area contributed by atoms with Gasteiger partial charge in [-0.15, -0.1) is 0 Å². The number of carbonyl (C=O) groups is 3. The Hall–Kier alpha value is -2.57. The molecule has 30 heavy (non-hydrogen) atoms. The smallest absolute Gasteiger partial charge is 0.410 e. The maximum absolute atomic E-state index is 12.3. The molecule has 0 spiro atoms. The van der Waals surface area contributed by atoms with Crippen LogP contribution in [0.3, 0.4) is 0 Å². The number of piperidine rings is 1. The summed E-state index contributed by atoms with van der Waals surface area (Å²) in [6.45, 7) is 10.0. The molecule has 1 saturated heterocycles. The van der Waals surface area contributed by atoms with Gasteiger partial charge in [0.2, 0.25) is 0 Å². The lowest BCUT2D eigenvalue weighted by Gasteiger charge is -2.32. The van der Waals surface area contributed by atoms with Crippen LogP contribution in [0.2, 0.25) is 0 Å². The maximum Gasteiger partial charge on any atom is 0.410 e. The molecular weight excluding hydrogens is 384 g/mol. The number of hydrogen-bond donors (Lipinski definition) is 1. The van der Waals surface area contributed by atoms with E-state index >= 15 is 0 Å². The SMILES string of the molecule is CCc1ccc([C@@H](C)NC(=O)COC(=O)C2CCN(C(=O)OC(C)(C)C)CC2)cc1. The Morgan fingerprint density at radius 2 is 1.73 bits per heavy atom. The predicted octanol–water partition coefficient (Wildman–Crippen LogP) is 3.62. The highest BCUT2D eigenvalue weighted by atomic mass is 16.6. The van der Waals surface area contributed by atoms with E-state index in [2.05, 4.69) is 12.2 Å². The summed E-state index contributed by atoms with van der Waals surface area (Å²) in [5.41, 5.74) is 1.69. The van der Waals surface area contributed by atoms with Gasteiger partial charge in [-0.25, -0.2) is 4.79 Å². The second-order valence-electron chi connectivity index (χ2n) is 8.73. The number of hydrogen-bond acceptors (Lipinski definition) is 5. The van der Waals surface area contributed by atoms with E-state index in [0.717, 1.165) is 12.0 Å². The Labute approximate surface area is 179 Å². The summed E-state index contributed by atoms with van der Waals surface area (Å²) in [5.74, 6) is -1.04. The minimum atomic E-state index is -0.546. The Kier molecular flexibility index (Phi) is 8.26. The minimum absolute atomic E-state index is 0.167. The standard InChI is InChI=1S/C23H34N2O5/c1-6-17-7-9-18(10-8-17)16(2)24-20(26)15-29-21(27)19-11-13-25(14-12-19)22(28)30-23(3,4)5/h7-10,16,19H,6,11-15H2,1-5H3,(H,24,26)/t16-/m1/s1. The summed E-state index contributed by atoms with van der Waals surface area (Å²) < 4.78 is 10.6. The number of aryl methyl sites for hydroxylation is 1. The van der Waals surface area contributed by atoms with Gasteiger partial charge in [0.15, 0.2) is 6.61 Å². The Bertz CT molecular complexity index is 731. The average Bonchev–Trinajstić information content (AvgIpc) is 2.71. The topological polar surface area (TPSA) is 84.9 Å². The number of likely N-dealkylation sites (tertiary alicyclic amines) is 1. The van der Waals surface area contributed by atoms with Crippen LogP contribution >= 0.6 is 0 Å². The predicted molar refractivity (Wildman–Crippen MR) is 114 cm³/mol. The largest absolute Gasteiger partial charge is 0.455 e. The summed E-state index contributed by atoms with van der Waals surface area (Å²) in [5, 5.41) is 2.85. The van der Waals surface area contributed by atoms with Gasteiger partial charge in [-0.05, 0) is 58.1 Å². The molecule has 1 aromatic rings. The summed E-state index contributed by atoms with van der Waals surface area (Å²) in [6.07, 6.45) is 1.60. The molecule has 7 nitrogen and oxygen atoms in total. The quantitative estimate of drug-likeness (QED) is 0.713. The van der Waals surface area contributed by atoms with E-state index in [1.807, 2.05) is 52.0 Å². The lowest BCUT2D eigenvalue weighted by atomic mass is 9.97.